The normalized spacial score (nSPS) is 16.1. The molecule has 0 aromatic carbocycles. The van der Waals surface area contributed by atoms with Crippen molar-refractivity contribution in [3.63, 3.8) is 0 Å². The summed E-state index contributed by atoms with van der Waals surface area (Å²) in [7, 11) is 1.80. The Kier molecular flexibility index (Phi) is 5.02. The lowest BCUT2D eigenvalue weighted by molar-refractivity contribution is -0.141. The average Bonchev–Trinajstić information content (AvgIpc) is 2.60. The van der Waals surface area contributed by atoms with E-state index in [1.807, 2.05) is 0 Å². The van der Waals surface area contributed by atoms with Crippen molar-refractivity contribution in [1.82, 2.24) is 14.9 Å². The molecule has 1 amide bonds. The molecule has 1 aliphatic rings. The first-order chi connectivity index (χ1) is 12.3. The maximum atomic E-state index is 12.9. The molecule has 0 atom stereocenters. The average molecular weight is 366 g/mol. The minimum atomic E-state index is -4.46. The highest BCUT2D eigenvalue weighted by molar-refractivity contribution is 5.89. The quantitative estimate of drug-likeness (QED) is 0.836. The fourth-order valence-electron chi connectivity index (χ4n) is 3.29. The van der Waals surface area contributed by atoms with Gasteiger partial charge in [-0.1, -0.05) is 0 Å². The van der Waals surface area contributed by atoms with Crippen LogP contribution >= 0.6 is 0 Å². The highest BCUT2D eigenvalue weighted by Crippen LogP contribution is 2.32. The van der Waals surface area contributed by atoms with E-state index < -0.39 is 11.9 Å². The van der Waals surface area contributed by atoms with Crippen LogP contribution in [0.25, 0.3) is 10.9 Å². The molecule has 1 aliphatic heterocycles. The van der Waals surface area contributed by atoms with Gasteiger partial charge in [-0.05, 0) is 37.0 Å². The number of anilines is 1. The zero-order valence-electron chi connectivity index (χ0n) is 14.8. The molecule has 0 unspecified atom stereocenters. The molecule has 0 bridgehead atoms. The Morgan fingerprint density at radius 2 is 1.96 bits per heavy atom. The summed E-state index contributed by atoms with van der Waals surface area (Å²) < 4.78 is 38.6. The number of rotatable bonds is 3. The number of fused-ring (bicyclic) bond motifs is 1. The lowest BCUT2D eigenvalue weighted by atomic mass is 9.96. The molecular formula is C18H21F3N4O. The van der Waals surface area contributed by atoms with Gasteiger partial charge in [-0.25, -0.2) is 9.97 Å². The Hall–Kier alpha value is -2.38. The van der Waals surface area contributed by atoms with Gasteiger partial charge < -0.3 is 9.80 Å². The fourth-order valence-corrected chi connectivity index (χ4v) is 3.29. The molecule has 0 aliphatic carbocycles. The second-order valence-corrected chi connectivity index (χ2v) is 6.73. The topological polar surface area (TPSA) is 49.3 Å². The molecule has 3 heterocycles. The van der Waals surface area contributed by atoms with Crippen molar-refractivity contribution in [2.24, 2.45) is 5.92 Å². The Balaban J connectivity index is 1.76. The molecule has 0 saturated carbocycles. The van der Waals surface area contributed by atoms with Crippen LogP contribution in [0.2, 0.25) is 0 Å². The number of carbonyl (C=O) groups is 1. The third-order valence-corrected chi connectivity index (χ3v) is 4.87. The SMILES string of the molecule is CC(=O)N(C)CC1CCN(c2nccc3nc(C(F)(F)F)ccc23)CC1. The first-order valence-corrected chi connectivity index (χ1v) is 8.55. The van der Waals surface area contributed by atoms with E-state index >= 15 is 0 Å². The molecule has 3 rings (SSSR count). The van der Waals surface area contributed by atoms with Crippen LogP contribution in [0.5, 0.6) is 0 Å². The van der Waals surface area contributed by atoms with Crippen LogP contribution in [0.3, 0.4) is 0 Å². The van der Waals surface area contributed by atoms with Crippen molar-refractivity contribution in [2.75, 3.05) is 31.6 Å². The van der Waals surface area contributed by atoms with E-state index in [4.69, 9.17) is 0 Å². The van der Waals surface area contributed by atoms with E-state index in [9.17, 15) is 18.0 Å². The van der Waals surface area contributed by atoms with Crippen LogP contribution in [-0.2, 0) is 11.0 Å². The highest BCUT2D eigenvalue weighted by Gasteiger charge is 2.33. The zero-order valence-corrected chi connectivity index (χ0v) is 14.8. The van der Waals surface area contributed by atoms with Gasteiger partial charge in [0, 0.05) is 45.2 Å². The molecule has 0 N–H and O–H groups in total. The first kappa shape index (κ1) is 18.4. The third-order valence-electron chi connectivity index (χ3n) is 4.87. The van der Waals surface area contributed by atoms with Crippen molar-refractivity contribution in [3.05, 3.63) is 30.1 Å². The molecular weight excluding hydrogens is 345 g/mol. The van der Waals surface area contributed by atoms with Gasteiger partial charge in [0.1, 0.15) is 11.5 Å². The number of carbonyl (C=O) groups excluding carboxylic acids is 1. The second-order valence-electron chi connectivity index (χ2n) is 6.73. The van der Waals surface area contributed by atoms with Gasteiger partial charge in [-0.3, -0.25) is 4.79 Å². The molecule has 0 radical (unpaired) electrons. The van der Waals surface area contributed by atoms with Crippen LogP contribution in [0.15, 0.2) is 24.4 Å². The van der Waals surface area contributed by atoms with Crippen LogP contribution in [0.1, 0.15) is 25.5 Å². The number of amides is 1. The number of aromatic nitrogens is 2. The predicted molar refractivity (Wildman–Crippen MR) is 92.8 cm³/mol. The maximum absolute atomic E-state index is 12.9. The van der Waals surface area contributed by atoms with Crippen molar-refractivity contribution < 1.29 is 18.0 Å². The highest BCUT2D eigenvalue weighted by atomic mass is 19.4. The van der Waals surface area contributed by atoms with E-state index in [0.717, 1.165) is 38.5 Å². The standard InChI is InChI=1S/C18H21F3N4O/c1-12(26)24(2)11-13-6-9-25(10-7-13)17-14-3-4-16(18(19,20)21)23-15(14)5-8-22-17/h3-5,8,13H,6-7,9-11H2,1-2H3. The summed E-state index contributed by atoms with van der Waals surface area (Å²) in [6, 6.07) is 3.95. The maximum Gasteiger partial charge on any atom is 0.433 e. The lowest BCUT2D eigenvalue weighted by Crippen LogP contribution is -2.39. The van der Waals surface area contributed by atoms with Crippen LogP contribution in [-0.4, -0.2) is 47.5 Å². The van der Waals surface area contributed by atoms with Crippen molar-refractivity contribution in [1.29, 1.82) is 0 Å². The molecule has 26 heavy (non-hydrogen) atoms. The summed E-state index contributed by atoms with van der Waals surface area (Å²) in [5.41, 5.74) is -0.601. The van der Waals surface area contributed by atoms with E-state index in [-0.39, 0.29) is 5.91 Å². The molecule has 2 aromatic rings. The van der Waals surface area contributed by atoms with Crippen molar-refractivity contribution in [3.8, 4) is 0 Å². The number of pyridine rings is 2. The molecule has 0 spiro atoms. The Bertz CT molecular complexity index is 801. The minimum Gasteiger partial charge on any atom is -0.356 e. The number of hydrogen-bond donors (Lipinski definition) is 0. The van der Waals surface area contributed by atoms with Gasteiger partial charge in [0.05, 0.1) is 5.52 Å². The molecule has 5 nitrogen and oxygen atoms in total. The first-order valence-electron chi connectivity index (χ1n) is 8.55. The summed E-state index contributed by atoms with van der Waals surface area (Å²) in [6.45, 7) is 3.78. The summed E-state index contributed by atoms with van der Waals surface area (Å²) in [5, 5.41) is 0.625. The van der Waals surface area contributed by atoms with Crippen molar-refractivity contribution >= 4 is 22.6 Å². The fraction of sp³-hybridized carbons (Fsp3) is 0.500. The number of piperidine rings is 1. The van der Waals surface area contributed by atoms with E-state index in [2.05, 4.69) is 14.9 Å². The molecule has 1 fully saturated rings. The molecule has 140 valence electrons. The Morgan fingerprint density at radius 1 is 1.27 bits per heavy atom. The van der Waals surface area contributed by atoms with Gasteiger partial charge in [-0.2, -0.15) is 13.2 Å². The van der Waals surface area contributed by atoms with Gasteiger partial charge in [0.2, 0.25) is 5.91 Å². The van der Waals surface area contributed by atoms with Crippen LogP contribution in [0, 0.1) is 5.92 Å². The number of nitrogens with zero attached hydrogens (tertiary/aromatic N) is 4. The summed E-state index contributed by atoms with van der Waals surface area (Å²) in [6.07, 6.45) is -1.15. The Morgan fingerprint density at radius 3 is 2.58 bits per heavy atom. The zero-order chi connectivity index (χ0) is 18.9. The van der Waals surface area contributed by atoms with E-state index in [0.29, 0.717) is 22.6 Å². The second kappa shape index (κ2) is 7.09. The summed E-state index contributed by atoms with van der Waals surface area (Å²) in [5.74, 6) is 1.14. The van der Waals surface area contributed by atoms with E-state index in [1.54, 1.807) is 18.9 Å². The van der Waals surface area contributed by atoms with Crippen LogP contribution < -0.4 is 4.90 Å². The minimum absolute atomic E-state index is 0.0506. The van der Waals surface area contributed by atoms with Crippen molar-refractivity contribution in [2.45, 2.75) is 25.9 Å². The van der Waals surface area contributed by atoms with E-state index in [1.165, 1.54) is 18.3 Å². The van der Waals surface area contributed by atoms with Gasteiger partial charge in [-0.15, -0.1) is 0 Å². The van der Waals surface area contributed by atoms with Gasteiger partial charge >= 0.3 is 6.18 Å². The summed E-state index contributed by atoms with van der Waals surface area (Å²) >= 11 is 0. The smallest absolute Gasteiger partial charge is 0.356 e. The largest absolute Gasteiger partial charge is 0.433 e. The molecule has 8 heteroatoms. The molecule has 1 saturated heterocycles. The van der Waals surface area contributed by atoms with Crippen LogP contribution in [0.4, 0.5) is 19.0 Å². The van der Waals surface area contributed by atoms with Gasteiger partial charge in [0.25, 0.3) is 0 Å². The summed E-state index contributed by atoms with van der Waals surface area (Å²) in [4.78, 5) is 23.3. The monoisotopic (exact) mass is 366 g/mol. The Labute approximate surface area is 149 Å². The number of halogens is 3. The predicted octanol–water partition coefficient (Wildman–Crippen LogP) is 3.34. The lowest BCUT2D eigenvalue weighted by Gasteiger charge is -2.34. The molecule has 2 aromatic heterocycles. The third kappa shape index (κ3) is 3.89. The number of alkyl halides is 3. The number of hydrogen-bond acceptors (Lipinski definition) is 4. The van der Waals surface area contributed by atoms with Gasteiger partial charge in [0.15, 0.2) is 0 Å².